The summed E-state index contributed by atoms with van der Waals surface area (Å²) in [6.07, 6.45) is 5.26. The molecule has 2 N–H and O–H groups in total. The van der Waals surface area contributed by atoms with E-state index >= 15 is 0 Å². The van der Waals surface area contributed by atoms with Crippen LogP contribution >= 0.6 is 0 Å². The first-order valence-corrected chi connectivity index (χ1v) is 5.46. The lowest BCUT2D eigenvalue weighted by molar-refractivity contribution is -0.153. The fraction of sp³-hybridized carbons (Fsp3) is 0.667. The first-order chi connectivity index (χ1) is 7.35. The monoisotopic (exact) mass is 226 g/mol. The summed E-state index contributed by atoms with van der Waals surface area (Å²) in [5.74, 6) is -1.89. The largest absolute Gasteiger partial charge is 0.481 e. The Morgan fingerprint density at radius 2 is 1.81 bits per heavy atom. The van der Waals surface area contributed by atoms with E-state index in [0.29, 0.717) is 12.8 Å². The van der Waals surface area contributed by atoms with E-state index in [2.05, 4.69) is 0 Å². The summed E-state index contributed by atoms with van der Waals surface area (Å²) in [6, 6.07) is 0. The van der Waals surface area contributed by atoms with Gasteiger partial charge in [0, 0.05) is 6.42 Å². The van der Waals surface area contributed by atoms with Gasteiger partial charge in [-0.1, -0.05) is 12.2 Å². The van der Waals surface area contributed by atoms with E-state index in [1.165, 1.54) is 0 Å². The highest BCUT2D eigenvalue weighted by molar-refractivity contribution is 5.74. The molecular weight excluding hydrogens is 208 g/mol. The van der Waals surface area contributed by atoms with Crippen LogP contribution in [0.25, 0.3) is 0 Å². The first-order valence-electron chi connectivity index (χ1n) is 5.46. The van der Waals surface area contributed by atoms with Gasteiger partial charge in [0.2, 0.25) is 0 Å². The summed E-state index contributed by atoms with van der Waals surface area (Å²) in [6.45, 7) is 3.35. The highest BCUT2D eigenvalue weighted by atomic mass is 16.4. The number of carboxylic acids is 2. The van der Waals surface area contributed by atoms with Crippen molar-refractivity contribution >= 4 is 11.9 Å². The Kier molecular flexibility index (Phi) is 3.73. The fourth-order valence-corrected chi connectivity index (χ4v) is 2.36. The maximum absolute atomic E-state index is 11.2. The van der Waals surface area contributed by atoms with Crippen molar-refractivity contribution < 1.29 is 19.8 Å². The molecule has 0 radical (unpaired) electrons. The third-order valence-electron chi connectivity index (χ3n) is 3.48. The maximum Gasteiger partial charge on any atom is 0.309 e. The molecule has 4 nitrogen and oxygen atoms in total. The minimum absolute atomic E-state index is 0.0473. The van der Waals surface area contributed by atoms with Gasteiger partial charge in [0.25, 0.3) is 0 Å². The number of rotatable bonds is 4. The average Bonchev–Trinajstić information content (AvgIpc) is 2.17. The maximum atomic E-state index is 11.2. The quantitative estimate of drug-likeness (QED) is 0.720. The number of aliphatic carboxylic acids is 2. The van der Waals surface area contributed by atoms with Gasteiger partial charge in [-0.05, 0) is 38.5 Å². The molecule has 2 atom stereocenters. The van der Waals surface area contributed by atoms with Crippen LogP contribution in [0.2, 0.25) is 0 Å². The lowest BCUT2D eigenvalue weighted by Gasteiger charge is -2.37. The van der Waals surface area contributed by atoms with Crippen LogP contribution in [-0.2, 0) is 9.59 Å². The predicted octanol–water partition coefficient (Wildman–Crippen LogP) is 2.15. The summed E-state index contributed by atoms with van der Waals surface area (Å²) in [5.41, 5.74) is -0.870. The van der Waals surface area contributed by atoms with Crippen LogP contribution in [0.4, 0.5) is 0 Å². The Hall–Kier alpha value is -1.32. The standard InChI is InChI=1S/C12H18O4/c1-12(2,11(15)16)9-6-4-3-5-8(9)7-10(13)14/h3-4,8-9H,5-7H2,1-2H3,(H,13,14)(H,15,16)/t8-,9-/m0/s1. The minimum Gasteiger partial charge on any atom is -0.481 e. The molecule has 0 aromatic rings. The first kappa shape index (κ1) is 12.7. The summed E-state index contributed by atoms with van der Waals surface area (Å²) in [4.78, 5) is 21.9. The zero-order valence-electron chi connectivity index (χ0n) is 9.64. The lowest BCUT2D eigenvalue weighted by atomic mass is 9.66. The molecular formula is C12H18O4. The van der Waals surface area contributed by atoms with Gasteiger partial charge < -0.3 is 10.2 Å². The molecule has 0 aromatic heterocycles. The number of hydrogen-bond donors (Lipinski definition) is 2. The lowest BCUT2D eigenvalue weighted by Crippen LogP contribution is -2.38. The zero-order valence-corrected chi connectivity index (χ0v) is 9.64. The van der Waals surface area contributed by atoms with E-state index in [1.807, 2.05) is 12.2 Å². The molecule has 0 aromatic carbocycles. The van der Waals surface area contributed by atoms with Crippen molar-refractivity contribution in [2.45, 2.75) is 33.1 Å². The van der Waals surface area contributed by atoms with E-state index in [-0.39, 0.29) is 18.3 Å². The third-order valence-corrected chi connectivity index (χ3v) is 3.48. The summed E-state index contributed by atoms with van der Waals surface area (Å²) in [5, 5.41) is 18.0. The van der Waals surface area contributed by atoms with E-state index in [4.69, 9.17) is 5.11 Å². The van der Waals surface area contributed by atoms with Crippen LogP contribution < -0.4 is 0 Å². The Morgan fingerprint density at radius 1 is 1.25 bits per heavy atom. The molecule has 0 unspecified atom stereocenters. The van der Waals surface area contributed by atoms with Gasteiger partial charge >= 0.3 is 11.9 Å². The minimum atomic E-state index is -0.870. The van der Waals surface area contributed by atoms with Gasteiger partial charge in [0.1, 0.15) is 0 Å². The van der Waals surface area contributed by atoms with Crippen molar-refractivity contribution in [3.8, 4) is 0 Å². The SMILES string of the molecule is CC(C)(C(=O)O)[C@H]1CC=CC[C@H]1CC(=O)O. The normalized spacial score (nSPS) is 25.4. The van der Waals surface area contributed by atoms with Crippen molar-refractivity contribution in [3.05, 3.63) is 12.2 Å². The molecule has 1 aliphatic rings. The molecule has 90 valence electrons. The molecule has 16 heavy (non-hydrogen) atoms. The van der Waals surface area contributed by atoms with Crippen LogP contribution in [0.3, 0.4) is 0 Å². The van der Waals surface area contributed by atoms with Gasteiger partial charge in [0.05, 0.1) is 5.41 Å². The van der Waals surface area contributed by atoms with E-state index in [1.54, 1.807) is 13.8 Å². The van der Waals surface area contributed by atoms with Gasteiger partial charge in [-0.25, -0.2) is 0 Å². The van der Waals surface area contributed by atoms with Crippen molar-refractivity contribution in [2.24, 2.45) is 17.3 Å². The predicted molar refractivity (Wildman–Crippen MR) is 59.0 cm³/mol. The van der Waals surface area contributed by atoms with Gasteiger partial charge in [-0.3, -0.25) is 9.59 Å². The highest BCUT2D eigenvalue weighted by Crippen LogP contribution is 2.41. The third kappa shape index (κ3) is 2.62. The van der Waals surface area contributed by atoms with Crippen molar-refractivity contribution in [1.29, 1.82) is 0 Å². The average molecular weight is 226 g/mol. The van der Waals surface area contributed by atoms with Crippen molar-refractivity contribution in [1.82, 2.24) is 0 Å². The smallest absolute Gasteiger partial charge is 0.309 e. The van der Waals surface area contributed by atoms with Crippen molar-refractivity contribution in [2.75, 3.05) is 0 Å². The molecule has 0 bridgehead atoms. The van der Waals surface area contributed by atoms with Gasteiger partial charge in [-0.2, -0.15) is 0 Å². The molecule has 0 fully saturated rings. The number of hydrogen-bond acceptors (Lipinski definition) is 2. The second kappa shape index (κ2) is 4.68. The Balaban J connectivity index is 2.87. The number of allylic oxidation sites excluding steroid dienone is 2. The molecule has 4 heteroatoms. The Bertz CT molecular complexity index is 317. The van der Waals surface area contributed by atoms with Crippen LogP contribution in [0.5, 0.6) is 0 Å². The van der Waals surface area contributed by atoms with Crippen LogP contribution in [0, 0.1) is 17.3 Å². The molecule has 1 rings (SSSR count). The second-order valence-corrected chi connectivity index (χ2v) is 4.93. The highest BCUT2D eigenvalue weighted by Gasteiger charge is 2.41. The molecule has 0 amide bonds. The summed E-state index contributed by atoms with van der Waals surface area (Å²) >= 11 is 0. The zero-order chi connectivity index (χ0) is 12.3. The van der Waals surface area contributed by atoms with E-state index in [0.717, 1.165) is 0 Å². The van der Waals surface area contributed by atoms with Crippen LogP contribution in [-0.4, -0.2) is 22.2 Å². The summed E-state index contributed by atoms with van der Waals surface area (Å²) in [7, 11) is 0. The topological polar surface area (TPSA) is 74.6 Å². The van der Waals surface area contributed by atoms with E-state index in [9.17, 15) is 14.7 Å². The van der Waals surface area contributed by atoms with Gasteiger partial charge in [0.15, 0.2) is 0 Å². The van der Waals surface area contributed by atoms with Crippen LogP contribution in [0.1, 0.15) is 33.1 Å². The fourth-order valence-electron chi connectivity index (χ4n) is 2.36. The molecule has 0 saturated heterocycles. The number of carboxylic acid groups (broad SMARTS) is 2. The molecule has 0 aliphatic heterocycles. The molecule has 1 aliphatic carbocycles. The molecule has 0 heterocycles. The molecule has 0 spiro atoms. The second-order valence-electron chi connectivity index (χ2n) is 4.93. The number of carbonyl (C=O) groups is 2. The summed E-state index contributed by atoms with van der Waals surface area (Å²) < 4.78 is 0. The molecule has 0 saturated carbocycles. The Morgan fingerprint density at radius 3 is 2.31 bits per heavy atom. The van der Waals surface area contributed by atoms with Gasteiger partial charge in [-0.15, -0.1) is 0 Å². The Labute approximate surface area is 95.0 Å². The van der Waals surface area contributed by atoms with E-state index < -0.39 is 17.4 Å². The van der Waals surface area contributed by atoms with Crippen molar-refractivity contribution in [3.63, 3.8) is 0 Å². The van der Waals surface area contributed by atoms with Crippen LogP contribution in [0.15, 0.2) is 12.2 Å².